The van der Waals surface area contributed by atoms with Gasteiger partial charge in [-0.15, -0.1) is 0 Å². The van der Waals surface area contributed by atoms with Crippen LogP contribution in [0.2, 0.25) is 5.02 Å². The van der Waals surface area contributed by atoms with Gasteiger partial charge in [0.05, 0.1) is 24.8 Å². The number of carbonyl (C=O) groups excluding carboxylic acids is 1. The standard InChI is InChI=1S/C24H24ClN3O4S/c1-32-21-11-13-22(14-12-21)33(30,31)28(16-15-19-7-3-2-4-8-19)18-24(29)27-26-17-20-9-5-6-10-23(20)25/h2-14,17H,15-16,18H2,1H3,(H,27,29)/b26-17-. The number of nitrogens with zero attached hydrogens (tertiary/aromatic N) is 2. The number of halogens is 1. The predicted molar refractivity (Wildman–Crippen MR) is 129 cm³/mol. The summed E-state index contributed by atoms with van der Waals surface area (Å²) in [7, 11) is -2.43. The van der Waals surface area contributed by atoms with Crippen molar-refractivity contribution in [3.63, 3.8) is 0 Å². The normalized spacial score (nSPS) is 11.6. The van der Waals surface area contributed by atoms with Crippen LogP contribution in [0.1, 0.15) is 11.1 Å². The summed E-state index contributed by atoms with van der Waals surface area (Å²) in [6, 6.07) is 22.5. The van der Waals surface area contributed by atoms with Gasteiger partial charge in [-0.2, -0.15) is 9.41 Å². The molecule has 172 valence electrons. The van der Waals surface area contributed by atoms with E-state index in [0.717, 1.165) is 9.87 Å². The summed E-state index contributed by atoms with van der Waals surface area (Å²) >= 11 is 6.07. The molecular weight excluding hydrogens is 462 g/mol. The van der Waals surface area contributed by atoms with Crippen molar-refractivity contribution >= 4 is 33.7 Å². The van der Waals surface area contributed by atoms with Crippen molar-refractivity contribution in [2.75, 3.05) is 20.2 Å². The van der Waals surface area contributed by atoms with Crippen molar-refractivity contribution in [2.45, 2.75) is 11.3 Å². The molecule has 0 aliphatic carbocycles. The van der Waals surface area contributed by atoms with E-state index in [1.807, 2.05) is 30.3 Å². The average Bonchev–Trinajstić information content (AvgIpc) is 2.83. The lowest BCUT2D eigenvalue weighted by atomic mass is 10.1. The summed E-state index contributed by atoms with van der Waals surface area (Å²) in [6.07, 6.45) is 1.86. The van der Waals surface area contributed by atoms with Crippen LogP contribution in [-0.4, -0.2) is 45.0 Å². The highest BCUT2D eigenvalue weighted by Gasteiger charge is 2.26. The predicted octanol–water partition coefficient (Wildman–Crippen LogP) is 3.73. The van der Waals surface area contributed by atoms with E-state index >= 15 is 0 Å². The van der Waals surface area contributed by atoms with Crippen LogP contribution in [0.25, 0.3) is 0 Å². The van der Waals surface area contributed by atoms with E-state index < -0.39 is 15.9 Å². The maximum absolute atomic E-state index is 13.3. The van der Waals surface area contributed by atoms with Crippen LogP contribution < -0.4 is 10.2 Å². The number of sulfonamides is 1. The molecule has 0 spiro atoms. The van der Waals surface area contributed by atoms with E-state index in [1.54, 1.807) is 36.4 Å². The molecule has 0 aliphatic heterocycles. The molecule has 9 heteroatoms. The smallest absolute Gasteiger partial charge is 0.255 e. The summed E-state index contributed by atoms with van der Waals surface area (Å²) in [6.45, 7) is -0.263. The molecule has 1 amide bonds. The fourth-order valence-corrected chi connectivity index (χ4v) is 4.61. The summed E-state index contributed by atoms with van der Waals surface area (Å²) in [5, 5.41) is 4.39. The van der Waals surface area contributed by atoms with Crippen molar-refractivity contribution in [2.24, 2.45) is 5.10 Å². The topological polar surface area (TPSA) is 88.1 Å². The third-order valence-corrected chi connectivity index (χ3v) is 7.01. The number of rotatable bonds is 10. The second-order valence-electron chi connectivity index (χ2n) is 7.06. The average molecular weight is 486 g/mol. The fraction of sp³-hybridized carbons (Fsp3) is 0.167. The van der Waals surface area contributed by atoms with Gasteiger partial charge in [0.25, 0.3) is 5.91 Å². The molecule has 7 nitrogen and oxygen atoms in total. The molecule has 0 saturated heterocycles. The molecule has 3 aromatic carbocycles. The Kier molecular flexibility index (Phi) is 8.59. The Hall–Kier alpha value is -3.20. The second kappa shape index (κ2) is 11.6. The minimum atomic E-state index is -3.93. The number of nitrogens with one attached hydrogen (secondary N) is 1. The van der Waals surface area contributed by atoms with Gasteiger partial charge in [0.1, 0.15) is 5.75 Å². The molecular formula is C24H24ClN3O4S. The Morgan fingerprint density at radius 3 is 2.36 bits per heavy atom. The fourth-order valence-electron chi connectivity index (χ4n) is 3.03. The van der Waals surface area contributed by atoms with Crippen LogP contribution in [0.4, 0.5) is 0 Å². The SMILES string of the molecule is COc1ccc(S(=O)(=O)N(CCc2ccccc2)CC(=O)N/N=C\c2ccccc2Cl)cc1. The van der Waals surface area contributed by atoms with Gasteiger partial charge in [0, 0.05) is 17.1 Å². The van der Waals surface area contributed by atoms with Gasteiger partial charge in [-0.25, -0.2) is 13.8 Å². The zero-order chi connectivity index (χ0) is 23.7. The van der Waals surface area contributed by atoms with Crippen LogP contribution in [0.5, 0.6) is 5.75 Å². The van der Waals surface area contributed by atoms with Crippen molar-refractivity contribution in [1.82, 2.24) is 9.73 Å². The first-order chi connectivity index (χ1) is 15.9. The summed E-state index contributed by atoms with van der Waals surface area (Å²) in [5.74, 6) is -0.0279. The molecule has 0 aliphatic rings. The third kappa shape index (κ3) is 6.89. The van der Waals surface area contributed by atoms with E-state index in [1.165, 1.54) is 25.5 Å². The van der Waals surface area contributed by atoms with Crippen LogP contribution in [0.3, 0.4) is 0 Å². The Balaban J connectivity index is 1.75. The van der Waals surface area contributed by atoms with Gasteiger partial charge < -0.3 is 4.74 Å². The third-order valence-electron chi connectivity index (χ3n) is 4.81. The number of carbonyl (C=O) groups is 1. The van der Waals surface area contributed by atoms with Gasteiger partial charge >= 0.3 is 0 Å². The Labute approximate surface area is 198 Å². The number of ether oxygens (including phenoxy) is 1. The van der Waals surface area contributed by atoms with E-state index in [9.17, 15) is 13.2 Å². The van der Waals surface area contributed by atoms with E-state index in [2.05, 4.69) is 10.5 Å². The highest BCUT2D eigenvalue weighted by Crippen LogP contribution is 2.20. The first-order valence-electron chi connectivity index (χ1n) is 10.1. The van der Waals surface area contributed by atoms with Crippen LogP contribution in [-0.2, 0) is 21.2 Å². The molecule has 0 radical (unpaired) electrons. The molecule has 33 heavy (non-hydrogen) atoms. The Morgan fingerprint density at radius 1 is 1.03 bits per heavy atom. The number of hydrazone groups is 1. The van der Waals surface area contributed by atoms with Crippen molar-refractivity contribution < 1.29 is 17.9 Å². The maximum Gasteiger partial charge on any atom is 0.255 e. The first-order valence-corrected chi connectivity index (χ1v) is 12.0. The van der Waals surface area contributed by atoms with Crippen LogP contribution in [0, 0.1) is 0 Å². The molecule has 0 bridgehead atoms. The van der Waals surface area contributed by atoms with Crippen molar-refractivity contribution in [3.8, 4) is 5.75 Å². The zero-order valence-corrected chi connectivity index (χ0v) is 19.6. The molecule has 0 fully saturated rings. The zero-order valence-electron chi connectivity index (χ0n) is 18.0. The van der Waals surface area contributed by atoms with Gasteiger partial charge in [-0.3, -0.25) is 4.79 Å². The van der Waals surface area contributed by atoms with Gasteiger partial charge in [-0.05, 0) is 42.3 Å². The van der Waals surface area contributed by atoms with Crippen molar-refractivity contribution in [1.29, 1.82) is 0 Å². The highest BCUT2D eigenvalue weighted by molar-refractivity contribution is 7.89. The molecule has 3 aromatic rings. The largest absolute Gasteiger partial charge is 0.497 e. The summed E-state index contributed by atoms with van der Waals surface area (Å²) in [5.41, 5.74) is 3.97. The number of hydrogen-bond acceptors (Lipinski definition) is 5. The molecule has 3 rings (SSSR count). The number of benzene rings is 3. The molecule has 1 N–H and O–H groups in total. The molecule has 0 saturated carbocycles. The lowest BCUT2D eigenvalue weighted by Crippen LogP contribution is -2.40. The lowest BCUT2D eigenvalue weighted by Gasteiger charge is -2.21. The molecule has 0 aromatic heterocycles. The summed E-state index contributed by atoms with van der Waals surface area (Å²) < 4.78 is 32.8. The Bertz CT molecular complexity index is 1200. The van der Waals surface area contributed by atoms with Gasteiger partial charge in [-0.1, -0.05) is 60.1 Å². The minimum Gasteiger partial charge on any atom is -0.497 e. The highest BCUT2D eigenvalue weighted by atomic mass is 35.5. The number of methoxy groups -OCH3 is 1. The molecule has 0 unspecified atom stereocenters. The van der Waals surface area contributed by atoms with E-state index in [0.29, 0.717) is 22.8 Å². The van der Waals surface area contributed by atoms with Crippen LogP contribution >= 0.6 is 11.6 Å². The van der Waals surface area contributed by atoms with Gasteiger partial charge in [0.2, 0.25) is 10.0 Å². The van der Waals surface area contributed by atoms with E-state index in [4.69, 9.17) is 16.3 Å². The maximum atomic E-state index is 13.3. The quantitative estimate of drug-likeness (QED) is 0.350. The first kappa shape index (κ1) is 24.4. The minimum absolute atomic E-state index is 0.0729. The molecule has 0 heterocycles. The second-order valence-corrected chi connectivity index (χ2v) is 9.41. The summed E-state index contributed by atoms with van der Waals surface area (Å²) in [4.78, 5) is 12.6. The van der Waals surface area contributed by atoms with E-state index in [-0.39, 0.29) is 18.0 Å². The lowest BCUT2D eigenvalue weighted by molar-refractivity contribution is -0.121. The van der Waals surface area contributed by atoms with Crippen LogP contribution in [0.15, 0.2) is 88.9 Å². The number of amides is 1. The Morgan fingerprint density at radius 2 is 1.70 bits per heavy atom. The monoisotopic (exact) mass is 485 g/mol. The van der Waals surface area contributed by atoms with Gasteiger partial charge in [0.15, 0.2) is 0 Å². The van der Waals surface area contributed by atoms with Crippen molar-refractivity contribution in [3.05, 3.63) is 95.0 Å². The number of hydrogen-bond donors (Lipinski definition) is 1. The molecule has 0 atom stereocenters.